The molecular formula is C27H37N5O2S. The second kappa shape index (κ2) is 11.7. The highest BCUT2D eigenvalue weighted by molar-refractivity contribution is 7.18. The van der Waals surface area contributed by atoms with Crippen molar-refractivity contribution < 1.29 is 9.47 Å². The number of ether oxygens (including phenoxy) is 2. The quantitative estimate of drug-likeness (QED) is 0.258. The highest BCUT2D eigenvalue weighted by Crippen LogP contribution is 2.37. The molecule has 0 aliphatic heterocycles. The molecule has 8 heteroatoms. The van der Waals surface area contributed by atoms with Crippen molar-refractivity contribution in [3.05, 3.63) is 64.4 Å². The summed E-state index contributed by atoms with van der Waals surface area (Å²) in [4.78, 5) is 4.95. The van der Waals surface area contributed by atoms with Gasteiger partial charge in [-0.1, -0.05) is 31.9 Å². The molecule has 1 aliphatic rings. The number of thiazole rings is 1. The van der Waals surface area contributed by atoms with Crippen LogP contribution in [0.15, 0.2) is 48.3 Å². The summed E-state index contributed by atoms with van der Waals surface area (Å²) in [6.45, 7) is 3.01. The summed E-state index contributed by atoms with van der Waals surface area (Å²) in [7, 11) is 3.27. The Morgan fingerprint density at radius 2 is 1.94 bits per heavy atom. The lowest BCUT2D eigenvalue weighted by Crippen LogP contribution is -2.33. The van der Waals surface area contributed by atoms with Crippen molar-refractivity contribution in [3.63, 3.8) is 0 Å². The lowest BCUT2D eigenvalue weighted by atomic mass is 10.1. The van der Waals surface area contributed by atoms with Crippen molar-refractivity contribution in [2.24, 2.45) is 11.6 Å². The molecule has 1 saturated carbocycles. The number of hydrogen-bond acceptors (Lipinski definition) is 8. The van der Waals surface area contributed by atoms with Crippen LogP contribution in [0.25, 0.3) is 10.2 Å². The highest BCUT2D eigenvalue weighted by Gasteiger charge is 2.24. The summed E-state index contributed by atoms with van der Waals surface area (Å²) in [5.74, 6) is 7.99. The Morgan fingerprint density at radius 3 is 2.66 bits per heavy atom. The van der Waals surface area contributed by atoms with Gasteiger partial charge in [-0.15, -0.1) is 11.3 Å². The van der Waals surface area contributed by atoms with Gasteiger partial charge in [0.25, 0.3) is 0 Å². The fraction of sp³-hybridized carbons (Fsp3) is 0.444. The molecule has 0 bridgehead atoms. The number of nitrogens with two attached hydrogens (primary N) is 2. The minimum absolute atomic E-state index is 0.321. The van der Waals surface area contributed by atoms with Crippen molar-refractivity contribution in [3.8, 4) is 11.5 Å². The molecule has 1 unspecified atom stereocenters. The third kappa shape index (κ3) is 6.07. The van der Waals surface area contributed by atoms with E-state index in [9.17, 15) is 0 Å². The van der Waals surface area contributed by atoms with Crippen molar-refractivity contribution in [2.75, 3.05) is 20.8 Å². The first-order valence-electron chi connectivity index (χ1n) is 12.4. The van der Waals surface area contributed by atoms with Gasteiger partial charge in [-0.25, -0.2) is 10.8 Å². The summed E-state index contributed by atoms with van der Waals surface area (Å²) in [6.07, 6.45) is 8.70. The normalized spacial score (nSPS) is 15.5. The van der Waals surface area contributed by atoms with Crippen molar-refractivity contribution >= 4 is 21.6 Å². The Hall–Kier alpha value is -2.81. The second-order valence-corrected chi connectivity index (χ2v) is 10.1. The molecule has 1 fully saturated rings. The molecule has 0 spiro atoms. The zero-order valence-electron chi connectivity index (χ0n) is 20.9. The van der Waals surface area contributed by atoms with Crippen molar-refractivity contribution in [2.45, 2.75) is 57.5 Å². The third-order valence-electron chi connectivity index (χ3n) is 6.65. The number of rotatable bonds is 11. The summed E-state index contributed by atoms with van der Waals surface area (Å²) in [5.41, 5.74) is 10.4. The smallest absolute Gasteiger partial charge is 0.161 e. The Balaban J connectivity index is 1.63. The molecule has 35 heavy (non-hydrogen) atoms. The van der Waals surface area contributed by atoms with Crippen LogP contribution in [0.1, 0.15) is 61.2 Å². The predicted octanol–water partition coefficient (Wildman–Crippen LogP) is 4.86. The first kappa shape index (κ1) is 25.3. The Morgan fingerprint density at radius 1 is 1.17 bits per heavy atom. The van der Waals surface area contributed by atoms with E-state index in [1.54, 1.807) is 30.6 Å². The average Bonchev–Trinajstić information content (AvgIpc) is 3.53. The summed E-state index contributed by atoms with van der Waals surface area (Å²) >= 11 is 1.66. The van der Waals surface area contributed by atoms with E-state index in [4.69, 9.17) is 26.0 Å². The monoisotopic (exact) mass is 495 g/mol. The van der Waals surface area contributed by atoms with Crippen molar-refractivity contribution in [1.82, 2.24) is 15.3 Å². The number of aryl methyl sites for hydroxylation is 1. The maximum absolute atomic E-state index is 6.67. The maximum Gasteiger partial charge on any atom is 0.161 e. The SMILES string of the molecule is CCc1ccc2nc(C(c3ccc(OC)c(OC)c3)N(N)/C=C(\N)CCNC3CCCC3)sc2c1. The number of nitrogens with one attached hydrogen (secondary N) is 1. The molecule has 1 heterocycles. The van der Waals surface area contributed by atoms with E-state index >= 15 is 0 Å². The molecule has 0 amide bonds. The standard InChI is InChI=1S/C27H37N5O2S/c1-4-18-9-11-22-25(15-18)35-27(31-22)26(19-10-12-23(33-2)24(16-19)34-3)32(29)17-20(28)13-14-30-21-7-5-6-8-21/h9-12,15-17,21,26,30H,4-8,13-14,28-29H2,1-3H3/b20-17-. The van der Waals surface area contributed by atoms with E-state index in [1.807, 2.05) is 24.4 Å². The summed E-state index contributed by atoms with van der Waals surface area (Å²) < 4.78 is 12.2. The topological polar surface area (TPSA) is 98.7 Å². The van der Waals surface area contributed by atoms with Gasteiger partial charge in [-0.2, -0.15) is 0 Å². The van der Waals surface area contributed by atoms with Crippen LogP contribution >= 0.6 is 11.3 Å². The van der Waals surface area contributed by atoms with Crippen LogP contribution in [0.4, 0.5) is 0 Å². The molecule has 7 nitrogen and oxygen atoms in total. The van der Waals surface area contributed by atoms with Gasteiger partial charge in [0, 0.05) is 30.9 Å². The van der Waals surface area contributed by atoms with Gasteiger partial charge in [-0.3, -0.25) is 0 Å². The van der Waals surface area contributed by atoms with E-state index in [0.29, 0.717) is 17.5 Å². The van der Waals surface area contributed by atoms with Gasteiger partial charge >= 0.3 is 0 Å². The van der Waals surface area contributed by atoms with Crippen LogP contribution in [0, 0.1) is 0 Å². The van der Waals surface area contributed by atoms with Gasteiger partial charge in [0.1, 0.15) is 11.0 Å². The highest BCUT2D eigenvalue weighted by atomic mass is 32.1. The lowest BCUT2D eigenvalue weighted by Gasteiger charge is -2.26. The predicted molar refractivity (Wildman–Crippen MR) is 144 cm³/mol. The number of nitrogens with zero attached hydrogens (tertiary/aromatic N) is 2. The molecule has 188 valence electrons. The first-order valence-corrected chi connectivity index (χ1v) is 13.2. The van der Waals surface area contributed by atoms with E-state index in [-0.39, 0.29) is 6.04 Å². The Bertz CT molecular complexity index is 1160. The molecule has 0 radical (unpaired) electrons. The van der Waals surface area contributed by atoms with Crippen LogP contribution in [0.3, 0.4) is 0 Å². The average molecular weight is 496 g/mol. The molecular weight excluding hydrogens is 458 g/mol. The Labute approximate surface area is 212 Å². The molecule has 3 aromatic rings. The van der Waals surface area contributed by atoms with Crippen LogP contribution in [-0.2, 0) is 6.42 Å². The molecule has 2 aromatic carbocycles. The minimum atomic E-state index is -0.321. The number of hydrogen-bond donors (Lipinski definition) is 3. The van der Waals surface area contributed by atoms with Crippen molar-refractivity contribution in [1.29, 1.82) is 0 Å². The molecule has 1 aliphatic carbocycles. The molecule has 0 saturated heterocycles. The first-order chi connectivity index (χ1) is 17.0. The Kier molecular flexibility index (Phi) is 8.49. The number of aromatic nitrogens is 1. The lowest BCUT2D eigenvalue weighted by molar-refractivity contribution is 0.321. The fourth-order valence-corrected chi connectivity index (χ4v) is 5.84. The van der Waals surface area contributed by atoms with E-state index < -0.39 is 0 Å². The van der Waals surface area contributed by atoms with Gasteiger partial charge in [0.05, 0.1) is 24.4 Å². The van der Waals surface area contributed by atoms with Gasteiger partial charge < -0.3 is 25.5 Å². The zero-order valence-corrected chi connectivity index (χ0v) is 21.7. The van der Waals surface area contributed by atoms with Crippen LogP contribution in [0.5, 0.6) is 11.5 Å². The van der Waals surface area contributed by atoms with Gasteiger partial charge in [0.2, 0.25) is 0 Å². The molecule has 5 N–H and O–H groups in total. The second-order valence-electron chi connectivity index (χ2n) is 9.06. The maximum atomic E-state index is 6.67. The van der Waals surface area contributed by atoms with E-state index in [1.165, 1.54) is 31.2 Å². The van der Waals surface area contributed by atoms with Gasteiger partial charge in [-0.05, 0) is 54.7 Å². The number of fused-ring (bicyclic) bond motifs is 1. The zero-order chi connectivity index (χ0) is 24.8. The molecule has 1 atom stereocenters. The van der Waals surface area contributed by atoms with Crippen LogP contribution in [-0.4, -0.2) is 36.8 Å². The molecule has 4 rings (SSSR count). The fourth-order valence-electron chi connectivity index (χ4n) is 4.67. The third-order valence-corrected chi connectivity index (χ3v) is 7.72. The van der Waals surface area contributed by atoms with E-state index in [0.717, 1.165) is 45.9 Å². The number of hydrazine groups is 1. The number of benzene rings is 2. The van der Waals surface area contributed by atoms with Gasteiger partial charge in [0.15, 0.2) is 11.5 Å². The van der Waals surface area contributed by atoms with Crippen LogP contribution in [0.2, 0.25) is 0 Å². The summed E-state index contributed by atoms with van der Waals surface area (Å²) in [6, 6.07) is 12.6. The van der Waals surface area contributed by atoms with Crippen LogP contribution < -0.4 is 26.4 Å². The van der Waals surface area contributed by atoms with E-state index in [2.05, 4.69) is 30.4 Å². The minimum Gasteiger partial charge on any atom is -0.493 e. The summed E-state index contributed by atoms with van der Waals surface area (Å²) in [5, 5.41) is 6.18. The number of methoxy groups -OCH3 is 2. The molecule has 1 aromatic heterocycles. The largest absolute Gasteiger partial charge is 0.493 e.